The molecule has 0 saturated carbocycles. The Morgan fingerprint density at radius 1 is 0.567 bits per heavy atom. The molecule has 6 rings (SSSR count). The lowest BCUT2D eigenvalue weighted by molar-refractivity contribution is 0.661. The van der Waals surface area contributed by atoms with Gasteiger partial charge in [0, 0.05) is 16.8 Å². The summed E-state index contributed by atoms with van der Waals surface area (Å²) in [5.41, 5.74) is 7.79. The highest BCUT2D eigenvalue weighted by Crippen LogP contribution is 2.51. The van der Waals surface area contributed by atoms with Crippen molar-refractivity contribution in [2.45, 2.75) is 19.3 Å². The predicted octanol–water partition coefficient (Wildman–Crippen LogP) is 8.04. The summed E-state index contributed by atoms with van der Waals surface area (Å²) >= 11 is 0. The van der Waals surface area contributed by atoms with Gasteiger partial charge in [0.1, 0.15) is 0 Å². The lowest BCUT2D eigenvalue weighted by Crippen LogP contribution is -2.15. The molecular weight excluding hydrogens is 362 g/mol. The largest absolute Gasteiger partial charge is 0.355 e. The van der Waals surface area contributed by atoms with Gasteiger partial charge in [0.05, 0.1) is 0 Å². The van der Waals surface area contributed by atoms with Gasteiger partial charge >= 0.3 is 0 Å². The van der Waals surface area contributed by atoms with E-state index >= 15 is 0 Å². The zero-order valence-electron chi connectivity index (χ0n) is 17.2. The summed E-state index contributed by atoms with van der Waals surface area (Å²) in [5.74, 6) is 0. The van der Waals surface area contributed by atoms with Crippen LogP contribution >= 0.6 is 0 Å². The van der Waals surface area contributed by atoms with Gasteiger partial charge in [-0.1, -0.05) is 86.6 Å². The van der Waals surface area contributed by atoms with Crippen LogP contribution in [0, 0.1) is 0 Å². The number of nitrogens with one attached hydrogen (secondary N) is 1. The summed E-state index contributed by atoms with van der Waals surface area (Å²) in [6.45, 7) is 4.68. The quantitative estimate of drug-likeness (QED) is 0.324. The van der Waals surface area contributed by atoms with E-state index in [4.69, 9.17) is 0 Å². The van der Waals surface area contributed by atoms with E-state index < -0.39 is 0 Å². The van der Waals surface area contributed by atoms with Crippen molar-refractivity contribution in [3.05, 3.63) is 108 Å². The average molecular weight is 386 g/mol. The molecule has 0 spiro atoms. The second-order valence-electron chi connectivity index (χ2n) is 8.78. The minimum absolute atomic E-state index is 0.0181. The van der Waals surface area contributed by atoms with Gasteiger partial charge in [-0.25, -0.2) is 0 Å². The zero-order chi connectivity index (χ0) is 20.3. The molecule has 1 heteroatoms. The standard InChI is InChI=1S/C29H23N/c1-29(2)26-16-12-20-8-5-6-10-24(20)28(26)25-15-14-23(18-27(25)29)30-22-13-11-19-7-3-4-9-21(19)17-22/h3-18,30H,1-2H3. The van der Waals surface area contributed by atoms with E-state index in [1.54, 1.807) is 0 Å². The predicted molar refractivity (Wildman–Crippen MR) is 129 cm³/mol. The van der Waals surface area contributed by atoms with Crippen molar-refractivity contribution in [1.29, 1.82) is 0 Å². The van der Waals surface area contributed by atoms with Gasteiger partial charge in [-0.15, -0.1) is 0 Å². The van der Waals surface area contributed by atoms with Gasteiger partial charge in [0.2, 0.25) is 0 Å². The average Bonchev–Trinajstić information content (AvgIpc) is 3.01. The highest BCUT2D eigenvalue weighted by atomic mass is 14.9. The summed E-state index contributed by atoms with van der Waals surface area (Å²) in [6.07, 6.45) is 0. The van der Waals surface area contributed by atoms with Gasteiger partial charge in [-0.05, 0) is 68.1 Å². The molecule has 1 nitrogen and oxygen atoms in total. The molecule has 5 aromatic rings. The third-order valence-electron chi connectivity index (χ3n) is 6.60. The molecule has 0 saturated heterocycles. The van der Waals surface area contributed by atoms with E-state index in [-0.39, 0.29) is 5.41 Å². The highest BCUT2D eigenvalue weighted by molar-refractivity contribution is 6.02. The third kappa shape index (κ3) is 2.48. The molecule has 30 heavy (non-hydrogen) atoms. The van der Waals surface area contributed by atoms with E-state index in [1.807, 2.05) is 0 Å². The van der Waals surface area contributed by atoms with Gasteiger partial charge in [0.25, 0.3) is 0 Å². The first kappa shape index (κ1) is 17.3. The van der Waals surface area contributed by atoms with Crippen LogP contribution in [0.1, 0.15) is 25.0 Å². The lowest BCUT2D eigenvalue weighted by Gasteiger charge is -2.22. The smallest absolute Gasteiger partial charge is 0.0390 e. The fourth-order valence-corrected chi connectivity index (χ4v) is 5.02. The fourth-order valence-electron chi connectivity index (χ4n) is 5.02. The second kappa shape index (κ2) is 6.21. The number of rotatable bonds is 2. The van der Waals surface area contributed by atoms with Crippen LogP contribution in [0.15, 0.2) is 97.1 Å². The maximum Gasteiger partial charge on any atom is 0.0390 e. The third-order valence-corrected chi connectivity index (χ3v) is 6.60. The number of hydrogen-bond donors (Lipinski definition) is 1. The van der Waals surface area contributed by atoms with Gasteiger partial charge in [-0.3, -0.25) is 0 Å². The molecule has 0 aliphatic heterocycles. The summed E-state index contributed by atoms with van der Waals surface area (Å²) in [6, 6.07) is 35.2. The summed E-state index contributed by atoms with van der Waals surface area (Å²) in [7, 11) is 0. The van der Waals surface area contributed by atoms with Crippen molar-refractivity contribution in [3.8, 4) is 11.1 Å². The maximum absolute atomic E-state index is 3.63. The summed E-state index contributed by atoms with van der Waals surface area (Å²) in [5, 5.41) is 8.79. The molecule has 0 heterocycles. The first-order chi connectivity index (χ1) is 14.6. The topological polar surface area (TPSA) is 12.0 Å². The SMILES string of the molecule is CC1(C)c2cc(Nc3ccc4ccccc4c3)ccc2-c2c1ccc1ccccc21. The molecule has 1 aliphatic carbocycles. The van der Waals surface area contributed by atoms with Crippen molar-refractivity contribution in [2.75, 3.05) is 5.32 Å². The molecule has 1 aliphatic rings. The molecule has 0 aromatic heterocycles. The first-order valence-corrected chi connectivity index (χ1v) is 10.5. The Kier molecular flexibility index (Phi) is 3.58. The Balaban J connectivity index is 1.46. The molecule has 0 radical (unpaired) electrons. The number of fused-ring (bicyclic) bond motifs is 6. The van der Waals surface area contributed by atoms with E-state index in [0.29, 0.717) is 0 Å². The zero-order valence-corrected chi connectivity index (χ0v) is 17.2. The molecule has 0 fully saturated rings. The molecule has 0 atom stereocenters. The van der Waals surface area contributed by atoms with Crippen LogP contribution < -0.4 is 5.32 Å². The normalized spacial score (nSPS) is 13.9. The van der Waals surface area contributed by atoms with E-state index in [0.717, 1.165) is 11.4 Å². The molecule has 0 unspecified atom stereocenters. The highest BCUT2D eigenvalue weighted by Gasteiger charge is 2.36. The number of anilines is 2. The van der Waals surface area contributed by atoms with Crippen molar-refractivity contribution >= 4 is 32.9 Å². The van der Waals surface area contributed by atoms with Gasteiger partial charge in [-0.2, -0.15) is 0 Å². The monoisotopic (exact) mass is 385 g/mol. The Morgan fingerprint density at radius 2 is 1.23 bits per heavy atom. The van der Waals surface area contributed by atoms with E-state index in [1.165, 1.54) is 43.8 Å². The Labute approximate surface area is 177 Å². The Bertz CT molecular complexity index is 1440. The summed E-state index contributed by atoms with van der Waals surface area (Å²) in [4.78, 5) is 0. The summed E-state index contributed by atoms with van der Waals surface area (Å²) < 4.78 is 0. The minimum atomic E-state index is -0.0181. The van der Waals surface area contributed by atoms with E-state index in [9.17, 15) is 0 Å². The van der Waals surface area contributed by atoms with Crippen LogP contribution in [0.25, 0.3) is 32.7 Å². The molecule has 0 bridgehead atoms. The number of hydrogen-bond acceptors (Lipinski definition) is 1. The van der Waals surface area contributed by atoms with Crippen LogP contribution in [-0.2, 0) is 5.41 Å². The van der Waals surface area contributed by atoms with Crippen molar-refractivity contribution < 1.29 is 0 Å². The van der Waals surface area contributed by atoms with Gasteiger partial charge in [0.15, 0.2) is 0 Å². The Morgan fingerprint density at radius 3 is 2.10 bits per heavy atom. The minimum Gasteiger partial charge on any atom is -0.355 e. The van der Waals surface area contributed by atoms with E-state index in [2.05, 4.69) is 116 Å². The molecule has 0 amide bonds. The lowest BCUT2D eigenvalue weighted by atomic mass is 9.82. The Hall–Kier alpha value is -3.58. The molecule has 5 aromatic carbocycles. The fraction of sp³-hybridized carbons (Fsp3) is 0.103. The maximum atomic E-state index is 3.63. The molecular formula is C29H23N. The second-order valence-corrected chi connectivity index (χ2v) is 8.78. The van der Waals surface area contributed by atoms with Crippen molar-refractivity contribution in [1.82, 2.24) is 0 Å². The van der Waals surface area contributed by atoms with Crippen molar-refractivity contribution in [3.63, 3.8) is 0 Å². The molecule has 1 N–H and O–H groups in total. The van der Waals surface area contributed by atoms with Crippen LogP contribution in [-0.4, -0.2) is 0 Å². The number of benzene rings is 5. The van der Waals surface area contributed by atoms with Gasteiger partial charge < -0.3 is 5.32 Å². The van der Waals surface area contributed by atoms with Crippen LogP contribution in [0.4, 0.5) is 11.4 Å². The van der Waals surface area contributed by atoms with Crippen LogP contribution in [0.2, 0.25) is 0 Å². The molecule has 144 valence electrons. The van der Waals surface area contributed by atoms with Crippen LogP contribution in [0.5, 0.6) is 0 Å². The van der Waals surface area contributed by atoms with Crippen molar-refractivity contribution in [2.24, 2.45) is 0 Å². The first-order valence-electron chi connectivity index (χ1n) is 10.5. The van der Waals surface area contributed by atoms with Crippen LogP contribution in [0.3, 0.4) is 0 Å².